The number of ketones is 1. The molecule has 0 fully saturated rings. The molecule has 0 aliphatic rings. The van der Waals surface area contributed by atoms with Crippen molar-refractivity contribution in [1.29, 1.82) is 0 Å². The van der Waals surface area contributed by atoms with Gasteiger partial charge in [-0.1, -0.05) is 25.4 Å². The van der Waals surface area contributed by atoms with Crippen molar-refractivity contribution < 1.29 is 4.79 Å². The predicted molar refractivity (Wildman–Crippen MR) is 69.2 cm³/mol. The minimum atomic E-state index is -0.744. The molecule has 1 heterocycles. The molecule has 0 amide bonds. The summed E-state index contributed by atoms with van der Waals surface area (Å²) in [6.07, 6.45) is 1.54. The Morgan fingerprint density at radius 2 is 2.00 bits per heavy atom. The Morgan fingerprint density at radius 1 is 1.47 bits per heavy atom. The Morgan fingerprint density at radius 3 is 2.35 bits per heavy atom. The lowest BCUT2D eigenvalue weighted by Gasteiger charge is -2.24. The van der Waals surface area contributed by atoms with Crippen molar-refractivity contribution in [2.24, 2.45) is 12.8 Å². The third kappa shape index (κ3) is 2.69. The zero-order valence-corrected chi connectivity index (χ0v) is 11.6. The first-order valence-electron chi connectivity index (χ1n) is 5.85. The van der Waals surface area contributed by atoms with E-state index in [1.54, 1.807) is 11.7 Å². The maximum absolute atomic E-state index is 12.2. The Bertz CT molecular complexity index is 422. The second-order valence-corrected chi connectivity index (χ2v) is 4.80. The lowest BCUT2D eigenvalue weighted by Crippen LogP contribution is -2.47. The summed E-state index contributed by atoms with van der Waals surface area (Å²) in [5.74, 6) is 0.0282. The number of halogens is 1. The zero-order valence-electron chi connectivity index (χ0n) is 10.9. The van der Waals surface area contributed by atoms with E-state index in [0.717, 1.165) is 11.3 Å². The van der Waals surface area contributed by atoms with Crippen molar-refractivity contribution in [3.8, 4) is 0 Å². The van der Waals surface area contributed by atoms with Gasteiger partial charge in [0.2, 0.25) is 0 Å². The van der Waals surface area contributed by atoms with Crippen molar-refractivity contribution in [2.45, 2.75) is 45.6 Å². The van der Waals surface area contributed by atoms with E-state index >= 15 is 0 Å². The first kappa shape index (κ1) is 14.2. The summed E-state index contributed by atoms with van der Waals surface area (Å²) in [7, 11) is 1.76. The Balaban J connectivity index is 2.95. The number of aryl methyl sites for hydroxylation is 2. The van der Waals surface area contributed by atoms with Crippen LogP contribution in [0.1, 0.15) is 37.9 Å². The predicted octanol–water partition coefficient (Wildman–Crippen LogP) is 2.01. The average Bonchev–Trinajstić information content (AvgIpc) is 2.54. The van der Waals surface area contributed by atoms with E-state index in [9.17, 15) is 4.79 Å². The van der Waals surface area contributed by atoms with Crippen molar-refractivity contribution in [3.63, 3.8) is 0 Å². The first-order chi connectivity index (χ1) is 7.85. The smallest absolute Gasteiger partial charge is 0.157 e. The van der Waals surface area contributed by atoms with Gasteiger partial charge in [0.1, 0.15) is 5.15 Å². The lowest BCUT2D eigenvalue weighted by molar-refractivity contribution is -0.123. The molecule has 0 radical (unpaired) electrons. The fourth-order valence-corrected chi connectivity index (χ4v) is 2.10. The van der Waals surface area contributed by atoms with Crippen LogP contribution in [-0.2, 0) is 18.3 Å². The number of nitrogens with zero attached hydrogens (tertiary/aromatic N) is 2. The minimum Gasteiger partial charge on any atom is -0.319 e. The van der Waals surface area contributed by atoms with Crippen LogP contribution in [0.4, 0.5) is 0 Å². The molecule has 0 aliphatic carbocycles. The molecule has 0 saturated heterocycles. The first-order valence-corrected chi connectivity index (χ1v) is 6.23. The van der Waals surface area contributed by atoms with Gasteiger partial charge in [-0.05, 0) is 19.8 Å². The molecule has 0 saturated carbocycles. The van der Waals surface area contributed by atoms with Gasteiger partial charge in [0, 0.05) is 19.0 Å². The van der Waals surface area contributed by atoms with Gasteiger partial charge in [0.05, 0.1) is 11.2 Å². The number of nitrogens with two attached hydrogens (primary N) is 1. The fraction of sp³-hybridized carbons (Fsp3) is 0.667. The molecule has 0 atom stereocenters. The van der Waals surface area contributed by atoms with Crippen LogP contribution in [-0.4, -0.2) is 21.1 Å². The Kier molecular flexibility index (Phi) is 4.33. The molecular weight excluding hydrogens is 238 g/mol. The summed E-state index contributed by atoms with van der Waals surface area (Å²) >= 11 is 6.10. The minimum absolute atomic E-state index is 0.0282. The molecule has 4 nitrogen and oxygen atoms in total. The standard InChI is InChI=1S/C12H20ClN3O/c1-5-12(14,6-2)10(17)7-9-8(3)15-16(4)11(9)13/h5-7,14H2,1-4H3. The van der Waals surface area contributed by atoms with Gasteiger partial charge in [0.15, 0.2) is 5.78 Å². The molecule has 0 bridgehead atoms. The molecule has 1 aromatic rings. The van der Waals surface area contributed by atoms with Crippen LogP contribution in [0, 0.1) is 6.92 Å². The molecule has 96 valence electrons. The van der Waals surface area contributed by atoms with Crippen molar-refractivity contribution in [3.05, 3.63) is 16.4 Å². The zero-order chi connectivity index (χ0) is 13.2. The second kappa shape index (κ2) is 5.19. The highest BCUT2D eigenvalue weighted by Crippen LogP contribution is 2.23. The van der Waals surface area contributed by atoms with Gasteiger partial charge < -0.3 is 5.73 Å². The van der Waals surface area contributed by atoms with Crippen molar-refractivity contribution in [1.82, 2.24) is 9.78 Å². The third-order valence-electron chi connectivity index (χ3n) is 3.42. The largest absolute Gasteiger partial charge is 0.319 e. The average molecular weight is 258 g/mol. The molecule has 0 spiro atoms. The van der Waals surface area contributed by atoms with E-state index in [2.05, 4.69) is 5.10 Å². The van der Waals surface area contributed by atoms with Crippen LogP contribution in [0.3, 0.4) is 0 Å². The van der Waals surface area contributed by atoms with E-state index in [1.807, 2.05) is 20.8 Å². The number of hydrogen-bond acceptors (Lipinski definition) is 3. The molecular formula is C12H20ClN3O. The summed E-state index contributed by atoms with van der Waals surface area (Å²) in [5, 5.41) is 4.71. The van der Waals surface area contributed by atoms with Crippen LogP contribution in [0.25, 0.3) is 0 Å². The molecule has 0 aliphatic heterocycles. The van der Waals surface area contributed by atoms with E-state index in [1.165, 1.54) is 0 Å². The van der Waals surface area contributed by atoms with Crippen LogP contribution < -0.4 is 5.73 Å². The molecule has 5 heteroatoms. The maximum Gasteiger partial charge on any atom is 0.157 e. The quantitative estimate of drug-likeness (QED) is 0.878. The van der Waals surface area contributed by atoms with E-state index in [-0.39, 0.29) is 12.2 Å². The normalized spacial score (nSPS) is 11.9. The highest BCUT2D eigenvalue weighted by Gasteiger charge is 2.31. The number of carbonyl (C=O) groups excluding carboxylic acids is 1. The SMILES string of the molecule is CCC(N)(CC)C(=O)Cc1c(C)nn(C)c1Cl. The van der Waals surface area contributed by atoms with Crippen LogP contribution in [0.15, 0.2) is 0 Å². The van der Waals surface area contributed by atoms with E-state index < -0.39 is 5.54 Å². The number of rotatable bonds is 5. The third-order valence-corrected chi connectivity index (χ3v) is 3.90. The van der Waals surface area contributed by atoms with Gasteiger partial charge in [-0.25, -0.2) is 0 Å². The summed E-state index contributed by atoms with van der Waals surface area (Å²) in [4.78, 5) is 12.2. The molecule has 17 heavy (non-hydrogen) atoms. The van der Waals surface area contributed by atoms with Crippen LogP contribution in [0.2, 0.25) is 5.15 Å². The van der Waals surface area contributed by atoms with Crippen molar-refractivity contribution >= 4 is 17.4 Å². The summed E-state index contributed by atoms with van der Waals surface area (Å²) in [6.45, 7) is 5.71. The highest BCUT2D eigenvalue weighted by molar-refractivity contribution is 6.30. The summed E-state index contributed by atoms with van der Waals surface area (Å²) in [6, 6.07) is 0. The number of hydrogen-bond donors (Lipinski definition) is 1. The topological polar surface area (TPSA) is 60.9 Å². The van der Waals surface area contributed by atoms with Gasteiger partial charge >= 0.3 is 0 Å². The van der Waals surface area contributed by atoms with E-state index in [0.29, 0.717) is 18.0 Å². The fourth-order valence-electron chi connectivity index (χ4n) is 1.86. The van der Waals surface area contributed by atoms with Gasteiger partial charge in [-0.2, -0.15) is 5.10 Å². The van der Waals surface area contributed by atoms with Gasteiger partial charge in [0.25, 0.3) is 0 Å². The molecule has 2 N–H and O–H groups in total. The molecule has 0 aromatic carbocycles. The second-order valence-electron chi connectivity index (χ2n) is 4.44. The summed E-state index contributed by atoms with van der Waals surface area (Å²) < 4.78 is 1.58. The molecule has 0 unspecified atom stereocenters. The monoisotopic (exact) mass is 257 g/mol. The van der Waals surface area contributed by atoms with Crippen LogP contribution >= 0.6 is 11.6 Å². The maximum atomic E-state index is 12.2. The molecule has 1 rings (SSSR count). The van der Waals surface area contributed by atoms with Crippen LogP contribution in [0.5, 0.6) is 0 Å². The highest BCUT2D eigenvalue weighted by atomic mass is 35.5. The van der Waals surface area contributed by atoms with Gasteiger partial charge in [-0.15, -0.1) is 0 Å². The van der Waals surface area contributed by atoms with Crippen molar-refractivity contribution in [2.75, 3.05) is 0 Å². The number of Topliss-reactive ketones (excluding diaryl/α,β-unsaturated/α-hetero) is 1. The number of aromatic nitrogens is 2. The van der Waals surface area contributed by atoms with E-state index in [4.69, 9.17) is 17.3 Å². The van der Waals surface area contributed by atoms with Gasteiger partial charge in [-0.3, -0.25) is 9.48 Å². The Labute approximate surface area is 107 Å². The Hall–Kier alpha value is -0.870. The molecule has 1 aromatic heterocycles. The number of carbonyl (C=O) groups is 1. The lowest BCUT2D eigenvalue weighted by atomic mass is 9.86. The summed E-state index contributed by atoms with van der Waals surface area (Å²) in [5.41, 5.74) is 6.91.